The van der Waals surface area contributed by atoms with Gasteiger partial charge in [0, 0.05) is 6.54 Å². The van der Waals surface area contributed by atoms with Gasteiger partial charge >= 0.3 is 5.97 Å². The van der Waals surface area contributed by atoms with Crippen LogP contribution in [0.1, 0.15) is 62.1 Å². The highest BCUT2D eigenvalue weighted by molar-refractivity contribution is 5.82. The number of esters is 1. The average molecular weight is 437 g/mol. The van der Waals surface area contributed by atoms with Gasteiger partial charge in [-0.1, -0.05) is 42.5 Å². The Balaban J connectivity index is 1.47. The fourth-order valence-corrected chi connectivity index (χ4v) is 3.78. The van der Waals surface area contributed by atoms with Crippen LogP contribution >= 0.6 is 0 Å². The SMILES string of the molecule is CC(N)(CN)C(=O)OCCCCCOc1ccc2c(c1)CCCCC(c1ccccc1)=C2. The zero-order valence-electron chi connectivity index (χ0n) is 19.1. The van der Waals surface area contributed by atoms with Gasteiger partial charge in [-0.15, -0.1) is 0 Å². The van der Waals surface area contributed by atoms with Gasteiger partial charge < -0.3 is 20.9 Å². The van der Waals surface area contributed by atoms with Gasteiger partial charge in [-0.2, -0.15) is 0 Å². The van der Waals surface area contributed by atoms with Crippen molar-refractivity contribution in [3.8, 4) is 5.75 Å². The van der Waals surface area contributed by atoms with E-state index in [2.05, 4.69) is 54.6 Å². The molecular weight excluding hydrogens is 400 g/mol. The monoisotopic (exact) mass is 436 g/mol. The predicted molar refractivity (Wildman–Crippen MR) is 130 cm³/mol. The molecule has 0 spiro atoms. The Morgan fingerprint density at radius 2 is 1.75 bits per heavy atom. The molecular formula is C27H36N2O3. The number of carbonyl (C=O) groups is 1. The summed E-state index contributed by atoms with van der Waals surface area (Å²) in [4.78, 5) is 11.8. The molecule has 0 amide bonds. The number of rotatable bonds is 10. The highest BCUT2D eigenvalue weighted by atomic mass is 16.5. The van der Waals surface area contributed by atoms with Crippen LogP contribution in [0.15, 0.2) is 48.5 Å². The maximum Gasteiger partial charge on any atom is 0.327 e. The minimum absolute atomic E-state index is 0.0732. The molecule has 2 aromatic rings. The molecule has 0 aromatic heterocycles. The number of hydrogen-bond donors (Lipinski definition) is 2. The van der Waals surface area contributed by atoms with Crippen LogP contribution in [0, 0.1) is 0 Å². The van der Waals surface area contributed by atoms with E-state index in [0.717, 1.165) is 37.9 Å². The van der Waals surface area contributed by atoms with E-state index in [9.17, 15) is 4.79 Å². The summed E-state index contributed by atoms with van der Waals surface area (Å²) in [6.45, 7) is 2.67. The summed E-state index contributed by atoms with van der Waals surface area (Å²) in [5.74, 6) is 0.480. The lowest BCUT2D eigenvalue weighted by molar-refractivity contribution is -0.149. The maximum absolute atomic E-state index is 11.8. The lowest BCUT2D eigenvalue weighted by Gasteiger charge is -2.20. The number of ether oxygens (including phenoxy) is 2. The zero-order chi connectivity index (χ0) is 22.8. The Kier molecular flexibility index (Phi) is 8.89. The number of benzene rings is 2. The van der Waals surface area contributed by atoms with Crippen molar-refractivity contribution in [1.82, 2.24) is 0 Å². The molecule has 32 heavy (non-hydrogen) atoms. The molecule has 172 valence electrons. The molecule has 0 heterocycles. The third-order valence-corrected chi connectivity index (χ3v) is 5.91. The molecule has 0 saturated heterocycles. The van der Waals surface area contributed by atoms with E-state index in [1.807, 2.05) is 0 Å². The van der Waals surface area contributed by atoms with E-state index in [4.69, 9.17) is 20.9 Å². The van der Waals surface area contributed by atoms with Crippen LogP contribution in [-0.2, 0) is 16.0 Å². The van der Waals surface area contributed by atoms with Crippen LogP contribution in [0.5, 0.6) is 5.75 Å². The Labute approximate surface area is 191 Å². The van der Waals surface area contributed by atoms with Gasteiger partial charge in [0.15, 0.2) is 0 Å². The normalized spacial score (nSPS) is 15.5. The number of unbranched alkanes of at least 4 members (excludes halogenated alkanes) is 2. The van der Waals surface area contributed by atoms with Crippen LogP contribution in [0.2, 0.25) is 0 Å². The number of hydrogen-bond acceptors (Lipinski definition) is 5. The molecule has 1 atom stereocenters. The first-order chi connectivity index (χ1) is 15.5. The minimum Gasteiger partial charge on any atom is -0.494 e. The van der Waals surface area contributed by atoms with Gasteiger partial charge in [0.1, 0.15) is 11.3 Å². The van der Waals surface area contributed by atoms with E-state index >= 15 is 0 Å². The summed E-state index contributed by atoms with van der Waals surface area (Å²) in [6, 6.07) is 17.1. The second kappa shape index (κ2) is 11.8. The summed E-state index contributed by atoms with van der Waals surface area (Å²) in [7, 11) is 0. The lowest BCUT2D eigenvalue weighted by Crippen LogP contribution is -2.52. The average Bonchev–Trinajstić information content (AvgIpc) is 2.79. The molecule has 2 aromatic carbocycles. The van der Waals surface area contributed by atoms with Crippen LogP contribution in [0.25, 0.3) is 11.6 Å². The standard InChI is InChI=1S/C27H36N2O3/c1-27(29,20-28)26(30)32-17-9-3-8-16-31-25-15-14-24-18-22(21-10-4-2-5-11-21)12-6-7-13-23(24)19-25/h2,4-5,10-11,14-15,18-19H,3,6-9,12-13,16-17,20,28-29H2,1H3. The van der Waals surface area contributed by atoms with Crippen LogP contribution in [-0.4, -0.2) is 31.3 Å². The quantitative estimate of drug-likeness (QED) is 0.416. The van der Waals surface area contributed by atoms with E-state index < -0.39 is 11.5 Å². The molecule has 1 aliphatic carbocycles. The van der Waals surface area contributed by atoms with E-state index in [1.165, 1.54) is 35.1 Å². The summed E-state index contributed by atoms with van der Waals surface area (Å²) in [5.41, 5.74) is 15.5. The number of fused-ring (bicyclic) bond motifs is 1. The molecule has 0 aliphatic heterocycles. The van der Waals surface area contributed by atoms with Gasteiger partial charge in [-0.25, -0.2) is 0 Å². The summed E-state index contributed by atoms with van der Waals surface area (Å²) >= 11 is 0. The number of nitrogens with two attached hydrogens (primary N) is 2. The van der Waals surface area contributed by atoms with E-state index in [-0.39, 0.29) is 6.54 Å². The Bertz CT molecular complexity index is 906. The molecule has 4 N–H and O–H groups in total. The summed E-state index contributed by atoms with van der Waals surface area (Å²) in [6.07, 6.45) is 9.54. The molecule has 0 saturated carbocycles. The smallest absolute Gasteiger partial charge is 0.327 e. The maximum atomic E-state index is 11.8. The molecule has 1 unspecified atom stereocenters. The predicted octanol–water partition coefficient (Wildman–Crippen LogP) is 4.72. The molecule has 5 nitrogen and oxygen atoms in total. The first-order valence-electron chi connectivity index (χ1n) is 11.7. The zero-order valence-corrected chi connectivity index (χ0v) is 19.1. The number of aryl methyl sites for hydroxylation is 1. The summed E-state index contributed by atoms with van der Waals surface area (Å²) < 4.78 is 11.2. The van der Waals surface area contributed by atoms with Gasteiger partial charge in [-0.05, 0) is 86.3 Å². The Morgan fingerprint density at radius 1 is 1.00 bits per heavy atom. The van der Waals surface area contributed by atoms with Gasteiger partial charge in [0.25, 0.3) is 0 Å². The van der Waals surface area contributed by atoms with E-state index in [0.29, 0.717) is 13.2 Å². The van der Waals surface area contributed by atoms with Gasteiger partial charge in [0.05, 0.1) is 13.2 Å². The fourth-order valence-electron chi connectivity index (χ4n) is 3.78. The van der Waals surface area contributed by atoms with Crippen LogP contribution in [0.3, 0.4) is 0 Å². The molecule has 0 radical (unpaired) electrons. The van der Waals surface area contributed by atoms with Crippen molar-refractivity contribution in [1.29, 1.82) is 0 Å². The van der Waals surface area contributed by atoms with Crippen molar-refractivity contribution < 1.29 is 14.3 Å². The lowest BCUT2D eigenvalue weighted by atomic mass is 9.91. The molecule has 3 rings (SSSR count). The molecule has 1 aliphatic rings. The first kappa shape index (κ1) is 24.0. The minimum atomic E-state index is -1.11. The van der Waals surface area contributed by atoms with Crippen molar-refractivity contribution in [2.45, 2.75) is 57.4 Å². The topological polar surface area (TPSA) is 87.6 Å². The van der Waals surface area contributed by atoms with Crippen molar-refractivity contribution in [2.75, 3.05) is 19.8 Å². The van der Waals surface area contributed by atoms with Gasteiger partial charge in [-0.3, -0.25) is 4.79 Å². The number of allylic oxidation sites excluding steroid dienone is 1. The van der Waals surface area contributed by atoms with Crippen LogP contribution < -0.4 is 16.2 Å². The highest BCUT2D eigenvalue weighted by Gasteiger charge is 2.27. The second-order valence-electron chi connectivity index (χ2n) is 8.77. The molecule has 0 fully saturated rings. The third kappa shape index (κ3) is 6.94. The Morgan fingerprint density at radius 3 is 2.53 bits per heavy atom. The second-order valence-corrected chi connectivity index (χ2v) is 8.77. The Hall–Kier alpha value is -2.63. The van der Waals surface area contributed by atoms with Crippen molar-refractivity contribution in [2.24, 2.45) is 11.5 Å². The highest BCUT2D eigenvalue weighted by Crippen LogP contribution is 2.30. The first-order valence-corrected chi connectivity index (χ1v) is 11.7. The van der Waals surface area contributed by atoms with Crippen molar-refractivity contribution >= 4 is 17.6 Å². The third-order valence-electron chi connectivity index (χ3n) is 5.91. The summed E-state index contributed by atoms with van der Waals surface area (Å²) in [5, 5.41) is 0. The largest absolute Gasteiger partial charge is 0.494 e. The van der Waals surface area contributed by atoms with Crippen molar-refractivity contribution in [3.05, 3.63) is 65.2 Å². The fraction of sp³-hybridized carbons (Fsp3) is 0.444. The van der Waals surface area contributed by atoms with Crippen LogP contribution in [0.4, 0.5) is 0 Å². The van der Waals surface area contributed by atoms with E-state index in [1.54, 1.807) is 6.92 Å². The van der Waals surface area contributed by atoms with Crippen molar-refractivity contribution in [3.63, 3.8) is 0 Å². The molecule has 0 bridgehead atoms. The number of carbonyl (C=O) groups excluding carboxylic acids is 1. The molecule has 5 heteroatoms. The van der Waals surface area contributed by atoms with Gasteiger partial charge in [0.2, 0.25) is 0 Å².